The van der Waals surface area contributed by atoms with Crippen molar-refractivity contribution in [3.63, 3.8) is 0 Å². The molecule has 0 aromatic carbocycles. The monoisotopic (exact) mass is 293 g/mol. The van der Waals surface area contributed by atoms with Crippen molar-refractivity contribution in [2.45, 2.75) is 25.3 Å². The van der Waals surface area contributed by atoms with Gasteiger partial charge in [-0.2, -0.15) is 28.8 Å². The molecule has 1 saturated heterocycles. The summed E-state index contributed by atoms with van der Waals surface area (Å²) >= 11 is 1.82. The molecule has 1 aliphatic carbocycles. The fourth-order valence-electron chi connectivity index (χ4n) is 1.99. The van der Waals surface area contributed by atoms with Crippen LogP contribution in [0.15, 0.2) is 0 Å². The maximum absolute atomic E-state index is 12.2. The molecular formula is C11H23N3O2S2. The maximum atomic E-state index is 12.2. The molecule has 0 amide bonds. The molecule has 1 N–H and O–H groups in total. The van der Waals surface area contributed by atoms with Gasteiger partial charge in [-0.1, -0.05) is 0 Å². The van der Waals surface area contributed by atoms with Crippen LogP contribution in [-0.4, -0.2) is 67.8 Å². The highest BCUT2D eigenvalue weighted by atomic mass is 32.2. The fourth-order valence-corrected chi connectivity index (χ4v) is 4.52. The third-order valence-electron chi connectivity index (χ3n) is 3.35. The van der Waals surface area contributed by atoms with Crippen LogP contribution in [-0.2, 0) is 10.2 Å². The van der Waals surface area contributed by atoms with Crippen LogP contribution in [0.4, 0.5) is 0 Å². The summed E-state index contributed by atoms with van der Waals surface area (Å²) in [6.07, 6.45) is 3.44. The first-order valence-electron chi connectivity index (χ1n) is 6.63. The van der Waals surface area contributed by atoms with Crippen molar-refractivity contribution in [1.82, 2.24) is 13.9 Å². The van der Waals surface area contributed by atoms with Gasteiger partial charge in [0.05, 0.1) is 0 Å². The first kappa shape index (κ1) is 14.6. The van der Waals surface area contributed by atoms with Gasteiger partial charge in [0.1, 0.15) is 0 Å². The molecule has 0 unspecified atom stereocenters. The lowest BCUT2D eigenvalue weighted by molar-refractivity contribution is 0.372. The van der Waals surface area contributed by atoms with Crippen molar-refractivity contribution in [2.75, 3.05) is 44.7 Å². The molecule has 18 heavy (non-hydrogen) atoms. The van der Waals surface area contributed by atoms with Crippen LogP contribution in [0.25, 0.3) is 0 Å². The van der Waals surface area contributed by atoms with E-state index in [1.54, 1.807) is 11.4 Å². The van der Waals surface area contributed by atoms with E-state index in [0.29, 0.717) is 25.7 Å². The second kappa shape index (κ2) is 6.56. The first-order valence-corrected chi connectivity index (χ1v) is 9.18. The molecular weight excluding hydrogens is 270 g/mol. The molecule has 0 bridgehead atoms. The largest absolute Gasteiger partial charge is 0.314 e. The van der Waals surface area contributed by atoms with Gasteiger partial charge in [-0.05, 0) is 25.8 Å². The minimum absolute atomic E-state index is 0.603. The Morgan fingerprint density at radius 1 is 1.33 bits per heavy atom. The van der Waals surface area contributed by atoms with Crippen molar-refractivity contribution in [3.8, 4) is 0 Å². The van der Waals surface area contributed by atoms with Crippen molar-refractivity contribution >= 4 is 22.0 Å². The number of hydrogen-bond donors (Lipinski definition) is 1. The standard InChI is InChI=1S/C11H23N3O2S2/c1-13(6-2-5-12-11-3-4-11)18(15,16)14-7-9-17-10-8-14/h11-12H,2-10H2,1H3. The Morgan fingerprint density at radius 3 is 2.61 bits per heavy atom. The summed E-state index contributed by atoms with van der Waals surface area (Å²) in [6.45, 7) is 2.82. The van der Waals surface area contributed by atoms with Gasteiger partial charge >= 0.3 is 0 Å². The SMILES string of the molecule is CN(CCCNC1CC1)S(=O)(=O)N1CCSCC1. The van der Waals surface area contributed by atoms with Crippen LogP contribution in [0.2, 0.25) is 0 Å². The zero-order chi connectivity index (χ0) is 13.0. The number of thioether (sulfide) groups is 1. The van der Waals surface area contributed by atoms with Crippen LogP contribution in [0.1, 0.15) is 19.3 Å². The molecule has 0 atom stereocenters. The second-order valence-corrected chi connectivity index (χ2v) is 8.18. The molecule has 7 heteroatoms. The Bertz CT molecular complexity index is 351. The van der Waals surface area contributed by atoms with E-state index in [9.17, 15) is 8.42 Å². The Kier molecular flexibility index (Phi) is 5.32. The highest BCUT2D eigenvalue weighted by Crippen LogP contribution is 2.18. The Balaban J connectivity index is 1.72. The van der Waals surface area contributed by atoms with Crippen LogP contribution in [0.3, 0.4) is 0 Å². The van der Waals surface area contributed by atoms with Gasteiger partial charge < -0.3 is 5.32 Å². The van der Waals surface area contributed by atoms with E-state index >= 15 is 0 Å². The molecule has 1 aliphatic heterocycles. The molecule has 0 spiro atoms. The summed E-state index contributed by atoms with van der Waals surface area (Å²) in [4.78, 5) is 0. The van der Waals surface area contributed by atoms with E-state index in [1.165, 1.54) is 17.1 Å². The lowest BCUT2D eigenvalue weighted by Gasteiger charge is -2.29. The van der Waals surface area contributed by atoms with Crippen LogP contribution >= 0.6 is 11.8 Å². The van der Waals surface area contributed by atoms with E-state index < -0.39 is 10.2 Å². The minimum Gasteiger partial charge on any atom is -0.314 e. The topological polar surface area (TPSA) is 52.7 Å². The average molecular weight is 293 g/mol. The van der Waals surface area contributed by atoms with Gasteiger partial charge in [-0.25, -0.2) is 0 Å². The highest BCUT2D eigenvalue weighted by Gasteiger charge is 2.28. The van der Waals surface area contributed by atoms with Crippen LogP contribution in [0.5, 0.6) is 0 Å². The zero-order valence-electron chi connectivity index (χ0n) is 11.0. The average Bonchev–Trinajstić information content (AvgIpc) is 3.19. The number of rotatable bonds is 7. The molecule has 1 saturated carbocycles. The Hall–Kier alpha value is 0.180. The zero-order valence-corrected chi connectivity index (χ0v) is 12.6. The molecule has 5 nitrogen and oxygen atoms in total. The number of nitrogens with one attached hydrogen (secondary N) is 1. The molecule has 2 rings (SSSR count). The summed E-state index contributed by atoms with van der Waals surface area (Å²) in [6, 6.07) is 0.700. The van der Waals surface area contributed by atoms with Gasteiger partial charge in [-0.3, -0.25) is 0 Å². The Labute approximate surface area is 114 Å². The molecule has 2 fully saturated rings. The summed E-state index contributed by atoms with van der Waals surface area (Å²) < 4.78 is 27.6. The van der Waals surface area contributed by atoms with Crippen molar-refractivity contribution < 1.29 is 8.42 Å². The van der Waals surface area contributed by atoms with Gasteiger partial charge in [0, 0.05) is 44.2 Å². The molecule has 1 heterocycles. The van der Waals surface area contributed by atoms with Gasteiger partial charge in [-0.15, -0.1) is 0 Å². The van der Waals surface area contributed by atoms with E-state index in [2.05, 4.69) is 5.32 Å². The molecule has 0 radical (unpaired) electrons. The van der Waals surface area contributed by atoms with Gasteiger partial charge in [0.25, 0.3) is 10.2 Å². The third kappa shape index (κ3) is 4.09. The highest BCUT2D eigenvalue weighted by molar-refractivity contribution is 7.99. The van der Waals surface area contributed by atoms with Gasteiger partial charge in [0.2, 0.25) is 0 Å². The van der Waals surface area contributed by atoms with Crippen LogP contribution < -0.4 is 5.32 Å². The smallest absolute Gasteiger partial charge is 0.281 e. The van der Waals surface area contributed by atoms with E-state index in [1.807, 2.05) is 11.8 Å². The minimum atomic E-state index is -3.22. The first-order chi connectivity index (χ1) is 8.60. The van der Waals surface area contributed by atoms with Crippen molar-refractivity contribution in [3.05, 3.63) is 0 Å². The van der Waals surface area contributed by atoms with E-state index in [4.69, 9.17) is 0 Å². The predicted octanol–water partition coefficient (Wildman–Crippen LogP) is 0.354. The number of nitrogens with zero attached hydrogens (tertiary/aromatic N) is 2. The van der Waals surface area contributed by atoms with E-state index in [0.717, 1.165) is 24.5 Å². The molecule has 2 aliphatic rings. The summed E-state index contributed by atoms with van der Waals surface area (Å²) in [7, 11) is -1.53. The second-order valence-electron chi connectivity index (χ2n) is 4.92. The maximum Gasteiger partial charge on any atom is 0.281 e. The number of hydrogen-bond acceptors (Lipinski definition) is 4. The lowest BCUT2D eigenvalue weighted by Crippen LogP contribution is -2.46. The van der Waals surface area contributed by atoms with E-state index in [-0.39, 0.29) is 0 Å². The molecule has 0 aromatic heterocycles. The lowest BCUT2D eigenvalue weighted by atomic mass is 10.4. The molecule has 0 aromatic rings. The van der Waals surface area contributed by atoms with Crippen LogP contribution in [0, 0.1) is 0 Å². The van der Waals surface area contributed by atoms with Gasteiger partial charge in [0.15, 0.2) is 0 Å². The normalized spacial score (nSPS) is 22.6. The summed E-state index contributed by atoms with van der Waals surface area (Å²) in [5, 5.41) is 3.40. The van der Waals surface area contributed by atoms with Crippen molar-refractivity contribution in [1.29, 1.82) is 0 Å². The predicted molar refractivity (Wildman–Crippen MR) is 76.1 cm³/mol. The quantitative estimate of drug-likeness (QED) is 0.689. The fraction of sp³-hybridized carbons (Fsp3) is 1.00. The summed E-state index contributed by atoms with van der Waals surface area (Å²) in [5.41, 5.74) is 0. The Morgan fingerprint density at radius 2 is 2.00 bits per heavy atom. The molecule has 106 valence electrons. The third-order valence-corrected chi connectivity index (χ3v) is 6.28. The van der Waals surface area contributed by atoms with Crippen molar-refractivity contribution in [2.24, 2.45) is 0 Å². The summed E-state index contributed by atoms with van der Waals surface area (Å²) in [5.74, 6) is 1.83.